The van der Waals surface area contributed by atoms with E-state index in [0.717, 1.165) is 17.9 Å². The molecule has 0 atom stereocenters. The van der Waals surface area contributed by atoms with E-state index in [1.165, 1.54) is 0 Å². The summed E-state index contributed by atoms with van der Waals surface area (Å²) in [5, 5.41) is 0.448. The lowest BCUT2D eigenvalue weighted by atomic mass is 10.2. The Balaban J connectivity index is 2.29. The third-order valence-corrected chi connectivity index (χ3v) is 2.16. The van der Waals surface area contributed by atoms with Crippen LogP contribution < -0.4 is 4.74 Å². The van der Waals surface area contributed by atoms with E-state index in [4.69, 9.17) is 21.1 Å². The van der Waals surface area contributed by atoms with Gasteiger partial charge in [-0.15, -0.1) is 0 Å². The first-order chi connectivity index (χ1) is 7.59. The smallest absolute Gasteiger partial charge is 0.132 e. The topological polar surface area (TPSA) is 31.4 Å². The van der Waals surface area contributed by atoms with Gasteiger partial charge in [0.15, 0.2) is 0 Å². The van der Waals surface area contributed by atoms with Gasteiger partial charge in [0.1, 0.15) is 17.5 Å². The maximum Gasteiger partial charge on any atom is 0.132 e. The minimum absolute atomic E-state index is 0.448. The lowest BCUT2D eigenvalue weighted by Gasteiger charge is -2.10. The fraction of sp³-hybridized carbons (Fsp3) is 0.583. The fourth-order valence-electron chi connectivity index (χ4n) is 1.17. The molecule has 0 aliphatic heterocycles. The van der Waals surface area contributed by atoms with Crippen molar-refractivity contribution < 1.29 is 9.47 Å². The molecule has 0 saturated heterocycles. The molecular weight excluding hydrogens is 226 g/mol. The number of halogens is 1. The largest absolute Gasteiger partial charge is 0.491 e. The van der Waals surface area contributed by atoms with Gasteiger partial charge in [0.25, 0.3) is 0 Å². The second kappa shape index (κ2) is 6.71. The van der Waals surface area contributed by atoms with Crippen LogP contribution in [0.2, 0.25) is 5.15 Å². The number of hydrogen-bond acceptors (Lipinski definition) is 3. The molecule has 0 aliphatic rings. The molecule has 0 aliphatic carbocycles. The Morgan fingerprint density at radius 1 is 1.38 bits per heavy atom. The van der Waals surface area contributed by atoms with Crippen LogP contribution >= 0.6 is 11.6 Å². The Labute approximate surface area is 102 Å². The molecule has 16 heavy (non-hydrogen) atoms. The SMILES string of the molecule is Cc1cnc(Cl)cc1OCCOCC(C)C. The zero-order valence-electron chi connectivity index (χ0n) is 10.00. The molecule has 0 spiro atoms. The predicted molar refractivity (Wildman–Crippen MR) is 65.1 cm³/mol. The average Bonchev–Trinajstić information content (AvgIpc) is 2.22. The molecule has 4 heteroatoms. The van der Waals surface area contributed by atoms with E-state index >= 15 is 0 Å². The summed E-state index contributed by atoms with van der Waals surface area (Å²) in [6, 6.07) is 1.72. The highest BCUT2D eigenvalue weighted by molar-refractivity contribution is 6.29. The Hall–Kier alpha value is -0.800. The number of aryl methyl sites for hydroxylation is 1. The summed E-state index contributed by atoms with van der Waals surface area (Å²) >= 11 is 5.78. The monoisotopic (exact) mass is 243 g/mol. The molecule has 1 aromatic heterocycles. The number of hydrogen-bond donors (Lipinski definition) is 0. The molecule has 0 fully saturated rings. The minimum Gasteiger partial charge on any atom is -0.491 e. The normalized spacial score (nSPS) is 10.8. The molecule has 0 saturated carbocycles. The maximum atomic E-state index is 5.78. The molecule has 1 aromatic rings. The van der Waals surface area contributed by atoms with Gasteiger partial charge in [-0.05, 0) is 12.8 Å². The lowest BCUT2D eigenvalue weighted by molar-refractivity contribution is 0.0817. The highest BCUT2D eigenvalue weighted by Crippen LogP contribution is 2.19. The Morgan fingerprint density at radius 3 is 2.81 bits per heavy atom. The number of ether oxygens (including phenoxy) is 2. The lowest BCUT2D eigenvalue weighted by Crippen LogP contribution is -2.10. The quantitative estimate of drug-likeness (QED) is 0.568. The van der Waals surface area contributed by atoms with Crippen molar-refractivity contribution in [2.24, 2.45) is 5.92 Å². The first-order valence-electron chi connectivity index (χ1n) is 5.42. The summed E-state index contributed by atoms with van der Waals surface area (Å²) in [6.07, 6.45) is 1.70. The van der Waals surface area contributed by atoms with Gasteiger partial charge in [0.05, 0.1) is 6.61 Å². The zero-order chi connectivity index (χ0) is 12.0. The summed E-state index contributed by atoms with van der Waals surface area (Å²) in [6.45, 7) is 8.07. The van der Waals surface area contributed by atoms with Gasteiger partial charge >= 0.3 is 0 Å². The standard InChI is InChI=1S/C12H18ClNO2/c1-9(2)8-15-4-5-16-11-6-12(13)14-7-10(11)3/h6-7,9H,4-5,8H2,1-3H3. The number of aromatic nitrogens is 1. The van der Waals surface area contributed by atoms with Crippen LogP contribution in [0.5, 0.6) is 5.75 Å². The molecule has 90 valence electrons. The second-order valence-electron chi connectivity index (χ2n) is 4.09. The summed E-state index contributed by atoms with van der Waals surface area (Å²) in [5.41, 5.74) is 0.980. The van der Waals surface area contributed by atoms with Gasteiger partial charge in [-0.1, -0.05) is 25.4 Å². The van der Waals surface area contributed by atoms with Gasteiger partial charge in [0, 0.05) is 24.4 Å². The first-order valence-corrected chi connectivity index (χ1v) is 5.80. The molecular formula is C12H18ClNO2. The average molecular weight is 244 g/mol. The Morgan fingerprint density at radius 2 is 2.12 bits per heavy atom. The molecule has 0 aromatic carbocycles. The number of pyridine rings is 1. The summed E-state index contributed by atoms with van der Waals surface area (Å²) in [7, 11) is 0. The van der Waals surface area contributed by atoms with Crippen LogP contribution in [0.25, 0.3) is 0 Å². The molecule has 1 heterocycles. The van der Waals surface area contributed by atoms with Crippen molar-refractivity contribution in [1.82, 2.24) is 4.98 Å². The molecule has 0 unspecified atom stereocenters. The predicted octanol–water partition coefficient (Wildman–Crippen LogP) is 3.09. The molecule has 0 radical (unpaired) electrons. The van der Waals surface area contributed by atoms with E-state index in [0.29, 0.717) is 24.3 Å². The Kier molecular flexibility index (Phi) is 5.56. The Bertz CT molecular complexity index is 329. The van der Waals surface area contributed by atoms with E-state index < -0.39 is 0 Å². The van der Waals surface area contributed by atoms with Crippen LogP contribution in [-0.4, -0.2) is 24.8 Å². The first kappa shape index (κ1) is 13.3. The van der Waals surface area contributed by atoms with E-state index in [2.05, 4.69) is 18.8 Å². The third kappa shape index (κ3) is 4.81. The van der Waals surface area contributed by atoms with Crippen LogP contribution in [0.3, 0.4) is 0 Å². The van der Waals surface area contributed by atoms with Crippen molar-refractivity contribution in [2.75, 3.05) is 19.8 Å². The number of rotatable bonds is 6. The van der Waals surface area contributed by atoms with Gasteiger partial charge in [0.2, 0.25) is 0 Å². The van der Waals surface area contributed by atoms with Gasteiger partial charge < -0.3 is 9.47 Å². The molecule has 0 N–H and O–H groups in total. The van der Waals surface area contributed by atoms with Crippen LogP contribution in [0, 0.1) is 12.8 Å². The van der Waals surface area contributed by atoms with E-state index in [9.17, 15) is 0 Å². The van der Waals surface area contributed by atoms with Crippen LogP contribution in [0.1, 0.15) is 19.4 Å². The molecule has 1 rings (SSSR count). The fourth-order valence-corrected chi connectivity index (χ4v) is 1.31. The zero-order valence-corrected chi connectivity index (χ0v) is 10.8. The van der Waals surface area contributed by atoms with Gasteiger partial charge in [-0.3, -0.25) is 0 Å². The van der Waals surface area contributed by atoms with Crippen molar-refractivity contribution in [3.63, 3.8) is 0 Å². The van der Waals surface area contributed by atoms with Crippen LogP contribution in [-0.2, 0) is 4.74 Å². The second-order valence-corrected chi connectivity index (χ2v) is 4.48. The van der Waals surface area contributed by atoms with Crippen LogP contribution in [0.15, 0.2) is 12.3 Å². The van der Waals surface area contributed by atoms with Crippen molar-refractivity contribution in [2.45, 2.75) is 20.8 Å². The molecule has 0 amide bonds. The minimum atomic E-state index is 0.448. The van der Waals surface area contributed by atoms with Crippen molar-refractivity contribution in [3.8, 4) is 5.75 Å². The third-order valence-electron chi connectivity index (χ3n) is 1.96. The van der Waals surface area contributed by atoms with Crippen molar-refractivity contribution in [3.05, 3.63) is 23.0 Å². The molecule has 3 nitrogen and oxygen atoms in total. The van der Waals surface area contributed by atoms with Crippen molar-refractivity contribution in [1.29, 1.82) is 0 Å². The van der Waals surface area contributed by atoms with Gasteiger partial charge in [-0.2, -0.15) is 0 Å². The van der Waals surface area contributed by atoms with Crippen molar-refractivity contribution >= 4 is 11.6 Å². The van der Waals surface area contributed by atoms with Crippen LogP contribution in [0.4, 0.5) is 0 Å². The highest BCUT2D eigenvalue weighted by Gasteiger charge is 2.01. The summed E-state index contributed by atoms with van der Waals surface area (Å²) in [4.78, 5) is 3.96. The summed E-state index contributed by atoms with van der Waals surface area (Å²) < 4.78 is 11.0. The van der Waals surface area contributed by atoms with Gasteiger partial charge in [-0.25, -0.2) is 4.98 Å². The van der Waals surface area contributed by atoms with E-state index in [-0.39, 0.29) is 0 Å². The molecule has 0 bridgehead atoms. The summed E-state index contributed by atoms with van der Waals surface area (Å²) in [5.74, 6) is 1.32. The van der Waals surface area contributed by atoms with E-state index in [1.807, 2.05) is 6.92 Å². The number of nitrogens with zero attached hydrogens (tertiary/aromatic N) is 1. The maximum absolute atomic E-state index is 5.78. The van der Waals surface area contributed by atoms with E-state index in [1.54, 1.807) is 12.3 Å². The highest BCUT2D eigenvalue weighted by atomic mass is 35.5.